The van der Waals surface area contributed by atoms with E-state index in [1.807, 2.05) is 19.9 Å². The fraction of sp³-hybridized carbons (Fsp3) is 0.280. The van der Waals surface area contributed by atoms with Gasteiger partial charge in [0.2, 0.25) is 0 Å². The van der Waals surface area contributed by atoms with Crippen LogP contribution in [0.4, 0.5) is 0 Å². The number of hydrogen-bond donors (Lipinski definition) is 0. The van der Waals surface area contributed by atoms with Gasteiger partial charge in [-0.2, -0.15) is 5.01 Å². The van der Waals surface area contributed by atoms with E-state index in [1.54, 1.807) is 42.5 Å². The van der Waals surface area contributed by atoms with Crippen molar-refractivity contribution in [2.45, 2.75) is 26.7 Å². The van der Waals surface area contributed by atoms with Crippen LogP contribution in [-0.4, -0.2) is 40.1 Å². The van der Waals surface area contributed by atoms with Crippen molar-refractivity contribution in [1.29, 1.82) is 0 Å². The minimum Gasteiger partial charge on any atom is -0.292 e. The highest BCUT2D eigenvalue weighted by Crippen LogP contribution is 2.38. The van der Waals surface area contributed by atoms with Crippen LogP contribution in [0.15, 0.2) is 60.2 Å². The summed E-state index contributed by atoms with van der Waals surface area (Å²) in [6, 6.07) is 13.3. The van der Waals surface area contributed by atoms with Crippen molar-refractivity contribution < 1.29 is 19.2 Å². The van der Waals surface area contributed by atoms with E-state index in [2.05, 4.69) is 0 Å². The van der Waals surface area contributed by atoms with Crippen LogP contribution in [0.5, 0.6) is 0 Å². The van der Waals surface area contributed by atoms with Crippen LogP contribution in [0.2, 0.25) is 5.02 Å². The summed E-state index contributed by atoms with van der Waals surface area (Å²) >= 11 is 6.23. The smallest absolute Gasteiger partial charge is 0.274 e. The molecule has 0 unspecified atom stereocenters. The summed E-state index contributed by atoms with van der Waals surface area (Å²) in [5.74, 6) is -3.01. The molecule has 0 N–H and O–H groups in total. The van der Waals surface area contributed by atoms with Gasteiger partial charge in [-0.15, -0.1) is 0 Å². The molecule has 6 nitrogen and oxygen atoms in total. The lowest BCUT2D eigenvalue weighted by Crippen LogP contribution is -2.52. The van der Waals surface area contributed by atoms with Crippen molar-refractivity contribution in [3.63, 3.8) is 0 Å². The number of amides is 3. The molecule has 1 aliphatic heterocycles. The third kappa shape index (κ3) is 3.98. The minimum absolute atomic E-state index is 0.121. The zero-order valence-electron chi connectivity index (χ0n) is 17.9. The van der Waals surface area contributed by atoms with Crippen molar-refractivity contribution in [2.24, 2.45) is 11.8 Å². The zero-order chi connectivity index (χ0) is 23.0. The maximum Gasteiger partial charge on any atom is 0.274 e. The van der Waals surface area contributed by atoms with Gasteiger partial charge in [0.05, 0.1) is 22.4 Å². The summed E-state index contributed by atoms with van der Waals surface area (Å²) in [5.41, 5.74) is 2.54. The lowest BCUT2D eigenvalue weighted by molar-refractivity contribution is -0.154. The fourth-order valence-corrected chi connectivity index (χ4v) is 4.45. The SMILES string of the molecule is CC1=CC[C@H]2C(=O)N(N(CC(=O)c3ccc(C)cc3)C(=O)c3ccccc3Cl)C(=O)[C@H]2C1. The lowest BCUT2D eigenvalue weighted by Gasteiger charge is -2.30. The number of allylic oxidation sites excluding steroid dienone is 2. The van der Waals surface area contributed by atoms with Crippen molar-refractivity contribution in [1.82, 2.24) is 10.0 Å². The van der Waals surface area contributed by atoms with Crippen molar-refractivity contribution in [2.75, 3.05) is 6.54 Å². The number of nitrogens with zero attached hydrogens (tertiary/aromatic N) is 2. The molecule has 0 aromatic heterocycles. The Morgan fingerprint density at radius 1 is 1.00 bits per heavy atom. The summed E-state index contributed by atoms with van der Waals surface area (Å²) in [5, 5.41) is 2.01. The summed E-state index contributed by atoms with van der Waals surface area (Å²) in [7, 11) is 0. The normalized spacial score (nSPS) is 20.1. The van der Waals surface area contributed by atoms with Gasteiger partial charge in [-0.3, -0.25) is 19.2 Å². The average molecular weight is 451 g/mol. The van der Waals surface area contributed by atoms with Crippen molar-refractivity contribution >= 4 is 35.1 Å². The van der Waals surface area contributed by atoms with Crippen molar-refractivity contribution in [3.05, 3.63) is 81.9 Å². The number of hydrazine groups is 1. The standard InChI is InChI=1S/C25H23ClN2O4/c1-15-7-10-17(11-8-15)22(29)14-27(23(30)19-5-3-4-6-21(19)26)28-24(31)18-12-9-16(2)13-20(18)25(28)32/h3-11,18,20H,12-14H2,1-2H3/t18-,20+/m1/s1. The predicted molar refractivity (Wildman–Crippen MR) is 120 cm³/mol. The molecular weight excluding hydrogens is 428 g/mol. The highest BCUT2D eigenvalue weighted by molar-refractivity contribution is 6.34. The minimum atomic E-state index is -0.666. The van der Waals surface area contributed by atoms with E-state index >= 15 is 0 Å². The van der Waals surface area contributed by atoms with Crippen LogP contribution >= 0.6 is 11.6 Å². The predicted octanol–water partition coefficient (Wildman–Crippen LogP) is 4.23. The fourth-order valence-electron chi connectivity index (χ4n) is 4.23. The Kier molecular flexibility index (Phi) is 5.98. The quantitative estimate of drug-likeness (QED) is 0.388. The number of fused-ring (bicyclic) bond motifs is 1. The van der Waals surface area contributed by atoms with Gasteiger partial charge in [0, 0.05) is 5.56 Å². The molecule has 1 fully saturated rings. The van der Waals surface area contributed by atoms with E-state index in [4.69, 9.17) is 11.6 Å². The first-order valence-electron chi connectivity index (χ1n) is 10.5. The number of carbonyl (C=O) groups is 4. The molecule has 2 aliphatic rings. The highest BCUT2D eigenvalue weighted by atomic mass is 35.5. The molecule has 1 heterocycles. The number of Topliss-reactive ketones (excluding diaryl/α,β-unsaturated/α-hetero) is 1. The number of hydrogen-bond acceptors (Lipinski definition) is 4. The zero-order valence-corrected chi connectivity index (χ0v) is 18.6. The molecule has 0 saturated carbocycles. The molecule has 0 bridgehead atoms. The first-order valence-corrected chi connectivity index (χ1v) is 10.9. The summed E-state index contributed by atoms with van der Waals surface area (Å²) in [6.07, 6.45) is 2.86. The monoisotopic (exact) mass is 450 g/mol. The van der Waals surface area contributed by atoms with Crippen LogP contribution in [0.3, 0.4) is 0 Å². The molecule has 7 heteroatoms. The maximum absolute atomic E-state index is 13.5. The van der Waals surface area contributed by atoms with Crippen LogP contribution in [0.1, 0.15) is 46.0 Å². The average Bonchev–Trinajstić information content (AvgIpc) is 3.01. The Balaban J connectivity index is 1.71. The molecule has 3 amide bonds. The molecule has 0 radical (unpaired) electrons. The number of rotatable bonds is 5. The summed E-state index contributed by atoms with van der Waals surface area (Å²) in [6.45, 7) is 3.38. The molecule has 1 saturated heterocycles. The Morgan fingerprint density at radius 2 is 1.66 bits per heavy atom. The van der Waals surface area contributed by atoms with E-state index in [1.165, 1.54) is 6.07 Å². The molecule has 2 atom stereocenters. The molecule has 0 spiro atoms. The van der Waals surface area contributed by atoms with Crippen LogP contribution in [-0.2, 0) is 9.59 Å². The first-order chi connectivity index (χ1) is 15.3. The third-order valence-electron chi connectivity index (χ3n) is 6.05. The van der Waals surface area contributed by atoms with E-state index in [-0.39, 0.29) is 16.4 Å². The van der Waals surface area contributed by atoms with Crippen LogP contribution < -0.4 is 0 Å². The number of imide groups is 1. The van der Waals surface area contributed by atoms with Gasteiger partial charge in [0.15, 0.2) is 5.78 Å². The van der Waals surface area contributed by atoms with Crippen LogP contribution in [0, 0.1) is 18.8 Å². The largest absolute Gasteiger partial charge is 0.292 e. The lowest BCUT2D eigenvalue weighted by atomic mass is 9.82. The molecule has 2 aromatic carbocycles. The van der Waals surface area contributed by atoms with Gasteiger partial charge in [-0.05, 0) is 38.8 Å². The second-order valence-electron chi connectivity index (χ2n) is 8.32. The highest BCUT2D eigenvalue weighted by Gasteiger charge is 2.51. The Bertz CT molecular complexity index is 1140. The van der Waals surface area contributed by atoms with Crippen molar-refractivity contribution in [3.8, 4) is 0 Å². The number of carbonyl (C=O) groups excluding carboxylic acids is 4. The van der Waals surface area contributed by atoms with Crippen LogP contribution in [0.25, 0.3) is 0 Å². The number of benzene rings is 2. The second kappa shape index (κ2) is 8.71. The second-order valence-corrected chi connectivity index (χ2v) is 8.73. The molecule has 4 rings (SSSR count). The number of aryl methyl sites for hydroxylation is 1. The number of ketones is 1. The Morgan fingerprint density at radius 3 is 2.34 bits per heavy atom. The summed E-state index contributed by atoms with van der Waals surface area (Å²) in [4.78, 5) is 53.0. The molecule has 2 aromatic rings. The van der Waals surface area contributed by atoms with E-state index in [0.717, 1.165) is 21.2 Å². The summed E-state index contributed by atoms with van der Waals surface area (Å²) < 4.78 is 0. The molecule has 1 aliphatic carbocycles. The Hall–Kier alpha value is -3.25. The third-order valence-corrected chi connectivity index (χ3v) is 6.38. The molecule has 164 valence electrons. The maximum atomic E-state index is 13.5. The van der Waals surface area contributed by atoms with E-state index < -0.39 is 36.1 Å². The molecular formula is C25H23ClN2O4. The van der Waals surface area contributed by atoms with E-state index in [0.29, 0.717) is 18.4 Å². The van der Waals surface area contributed by atoms with Gasteiger partial charge in [0.25, 0.3) is 17.7 Å². The first kappa shape index (κ1) is 22.0. The topological polar surface area (TPSA) is 74.8 Å². The molecule has 32 heavy (non-hydrogen) atoms. The number of halogens is 1. The van der Waals surface area contributed by atoms with E-state index in [9.17, 15) is 19.2 Å². The van der Waals surface area contributed by atoms with Gasteiger partial charge >= 0.3 is 0 Å². The van der Waals surface area contributed by atoms with Gasteiger partial charge in [-0.1, -0.05) is 65.2 Å². The van der Waals surface area contributed by atoms with Gasteiger partial charge < -0.3 is 0 Å². The van der Waals surface area contributed by atoms with Gasteiger partial charge in [0.1, 0.15) is 6.54 Å². The Labute approximate surface area is 191 Å². The van der Waals surface area contributed by atoms with Gasteiger partial charge in [-0.25, -0.2) is 5.01 Å².